The molecule has 9 nitrogen and oxygen atoms in total. The summed E-state index contributed by atoms with van der Waals surface area (Å²) in [6, 6.07) is 11.7. The number of hydrogen-bond acceptors (Lipinski definition) is 6. The van der Waals surface area contributed by atoms with Gasteiger partial charge >= 0.3 is 0 Å². The first kappa shape index (κ1) is 18.8. The zero-order valence-electron chi connectivity index (χ0n) is 15.1. The van der Waals surface area contributed by atoms with E-state index in [1.165, 1.54) is 24.4 Å². The molecule has 1 heterocycles. The number of hydrogen-bond donors (Lipinski definition) is 2. The molecule has 28 heavy (non-hydrogen) atoms. The van der Waals surface area contributed by atoms with Crippen molar-refractivity contribution in [2.24, 2.45) is 5.10 Å². The van der Waals surface area contributed by atoms with E-state index in [1.54, 1.807) is 12.5 Å². The van der Waals surface area contributed by atoms with E-state index in [0.717, 1.165) is 11.3 Å². The van der Waals surface area contributed by atoms with Crippen LogP contribution in [0.5, 0.6) is 0 Å². The number of aromatic nitrogens is 2. The minimum atomic E-state index is -0.530. The number of imidazole rings is 1. The summed E-state index contributed by atoms with van der Waals surface area (Å²) >= 11 is 0. The average Bonchev–Trinajstić information content (AvgIpc) is 3.23. The number of nitrogens with zero attached hydrogens (tertiary/aromatic N) is 4. The van der Waals surface area contributed by atoms with E-state index in [1.807, 2.05) is 42.0 Å². The zero-order chi connectivity index (χ0) is 19.9. The van der Waals surface area contributed by atoms with Gasteiger partial charge in [-0.15, -0.1) is 0 Å². The van der Waals surface area contributed by atoms with Crippen LogP contribution < -0.4 is 10.7 Å². The molecule has 0 aliphatic rings. The van der Waals surface area contributed by atoms with Gasteiger partial charge in [-0.25, -0.2) is 10.4 Å². The summed E-state index contributed by atoms with van der Waals surface area (Å²) in [4.78, 5) is 26.9. The Labute approximate surface area is 160 Å². The molecule has 0 atom stereocenters. The van der Waals surface area contributed by atoms with Crippen molar-refractivity contribution in [2.75, 3.05) is 11.9 Å². The van der Waals surface area contributed by atoms with E-state index in [4.69, 9.17) is 0 Å². The number of carbonyl (C=O) groups is 1. The molecule has 0 bridgehead atoms. The maximum Gasteiger partial charge on any atom is 0.293 e. The SMILES string of the molecule is CCNc1ccc(C(=O)NN=Cc2ccc(-n3ccnc3)cc2)cc1[N+](=O)[O-]. The number of amides is 1. The lowest BCUT2D eigenvalue weighted by Crippen LogP contribution is -2.18. The van der Waals surface area contributed by atoms with Crippen molar-refractivity contribution in [3.05, 3.63) is 82.4 Å². The molecular weight excluding hydrogens is 360 g/mol. The Morgan fingerprint density at radius 1 is 1.29 bits per heavy atom. The lowest BCUT2D eigenvalue weighted by molar-refractivity contribution is -0.384. The van der Waals surface area contributed by atoms with Gasteiger partial charge in [0.15, 0.2) is 0 Å². The van der Waals surface area contributed by atoms with Crippen molar-refractivity contribution in [3.63, 3.8) is 0 Å². The second-order valence-corrected chi connectivity index (χ2v) is 5.78. The average molecular weight is 378 g/mol. The van der Waals surface area contributed by atoms with E-state index in [9.17, 15) is 14.9 Å². The Bertz CT molecular complexity index is 997. The third-order valence-electron chi connectivity index (χ3n) is 3.90. The van der Waals surface area contributed by atoms with Gasteiger partial charge in [-0.3, -0.25) is 14.9 Å². The Morgan fingerprint density at radius 3 is 2.71 bits per heavy atom. The smallest absolute Gasteiger partial charge is 0.293 e. The van der Waals surface area contributed by atoms with Gasteiger partial charge in [0.25, 0.3) is 11.6 Å². The molecule has 0 unspecified atom stereocenters. The number of anilines is 1. The molecule has 2 aromatic carbocycles. The van der Waals surface area contributed by atoms with Crippen molar-refractivity contribution in [3.8, 4) is 5.69 Å². The second kappa shape index (κ2) is 8.58. The van der Waals surface area contributed by atoms with Gasteiger partial charge in [-0.2, -0.15) is 5.10 Å². The molecule has 0 aliphatic heterocycles. The molecule has 3 aromatic rings. The van der Waals surface area contributed by atoms with E-state index in [-0.39, 0.29) is 11.3 Å². The highest BCUT2D eigenvalue weighted by Gasteiger charge is 2.16. The van der Waals surface area contributed by atoms with Gasteiger partial charge in [0.05, 0.1) is 17.5 Å². The number of nitro groups is 1. The van der Waals surface area contributed by atoms with Gasteiger partial charge < -0.3 is 9.88 Å². The minimum absolute atomic E-state index is 0.154. The van der Waals surface area contributed by atoms with Crippen LogP contribution in [0.3, 0.4) is 0 Å². The third kappa shape index (κ3) is 4.39. The first-order valence-electron chi connectivity index (χ1n) is 8.52. The summed E-state index contributed by atoms with van der Waals surface area (Å²) in [6.45, 7) is 2.37. The van der Waals surface area contributed by atoms with Crippen LogP contribution >= 0.6 is 0 Å². The van der Waals surface area contributed by atoms with Gasteiger partial charge in [0.2, 0.25) is 0 Å². The van der Waals surface area contributed by atoms with Crippen LogP contribution in [0.1, 0.15) is 22.8 Å². The molecule has 9 heteroatoms. The maximum atomic E-state index is 12.2. The lowest BCUT2D eigenvalue weighted by Gasteiger charge is -2.06. The highest BCUT2D eigenvalue weighted by atomic mass is 16.6. The topological polar surface area (TPSA) is 114 Å². The molecular formula is C19H18N6O3. The highest BCUT2D eigenvalue weighted by molar-refractivity contribution is 5.96. The molecule has 1 aromatic heterocycles. The molecule has 0 aliphatic carbocycles. The number of hydrazone groups is 1. The minimum Gasteiger partial charge on any atom is -0.380 e. The van der Waals surface area contributed by atoms with Crippen molar-refractivity contribution < 1.29 is 9.72 Å². The summed E-state index contributed by atoms with van der Waals surface area (Å²) in [5.41, 5.74) is 4.48. The largest absolute Gasteiger partial charge is 0.380 e. The van der Waals surface area contributed by atoms with Crippen LogP contribution in [0.15, 0.2) is 66.3 Å². The lowest BCUT2D eigenvalue weighted by atomic mass is 10.1. The molecule has 1 amide bonds. The predicted octanol–water partition coefficient (Wildman–Crippen LogP) is 2.98. The standard InChI is InChI=1S/C19H18N6O3/c1-2-21-17-8-5-15(11-18(17)25(27)28)19(26)23-22-12-14-3-6-16(7-4-14)24-10-9-20-13-24/h3-13,21H,2H2,1H3,(H,23,26). The van der Waals surface area contributed by atoms with Crippen molar-refractivity contribution in [2.45, 2.75) is 6.92 Å². The summed E-state index contributed by atoms with van der Waals surface area (Å²) in [7, 11) is 0. The predicted molar refractivity (Wildman–Crippen MR) is 106 cm³/mol. The number of nitro benzene ring substituents is 1. The first-order valence-corrected chi connectivity index (χ1v) is 8.52. The zero-order valence-corrected chi connectivity index (χ0v) is 15.1. The first-order chi connectivity index (χ1) is 13.6. The fourth-order valence-corrected chi connectivity index (χ4v) is 2.54. The van der Waals surface area contributed by atoms with Crippen LogP contribution in [0, 0.1) is 10.1 Å². The molecule has 0 spiro atoms. The number of nitrogens with one attached hydrogen (secondary N) is 2. The summed E-state index contributed by atoms with van der Waals surface area (Å²) < 4.78 is 1.87. The van der Waals surface area contributed by atoms with E-state index in [0.29, 0.717) is 12.2 Å². The van der Waals surface area contributed by atoms with E-state index >= 15 is 0 Å². The van der Waals surface area contributed by atoms with E-state index in [2.05, 4.69) is 20.8 Å². The van der Waals surface area contributed by atoms with Crippen LogP contribution in [-0.2, 0) is 0 Å². The summed E-state index contributed by atoms with van der Waals surface area (Å²) in [5.74, 6) is -0.530. The van der Waals surface area contributed by atoms with Gasteiger partial charge in [0.1, 0.15) is 5.69 Å². The third-order valence-corrected chi connectivity index (χ3v) is 3.90. The highest BCUT2D eigenvalue weighted by Crippen LogP contribution is 2.25. The fourth-order valence-electron chi connectivity index (χ4n) is 2.54. The normalized spacial score (nSPS) is 10.8. The Hall–Kier alpha value is -4.01. The fraction of sp³-hybridized carbons (Fsp3) is 0.105. The summed E-state index contributed by atoms with van der Waals surface area (Å²) in [6.07, 6.45) is 6.73. The van der Waals surface area contributed by atoms with Crippen molar-refractivity contribution >= 4 is 23.5 Å². The maximum absolute atomic E-state index is 12.2. The van der Waals surface area contributed by atoms with Gasteiger partial charge in [-0.05, 0) is 36.8 Å². The van der Waals surface area contributed by atoms with Crippen molar-refractivity contribution in [1.82, 2.24) is 15.0 Å². The number of rotatable bonds is 7. The Balaban J connectivity index is 1.66. The van der Waals surface area contributed by atoms with Gasteiger partial charge in [0, 0.05) is 36.3 Å². The Kier molecular flexibility index (Phi) is 5.75. The second-order valence-electron chi connectivity index (χ2n) is 5.78. The molecule has 0 fully saturated rings. The quantitative estimate of drug-likeness (QED) is 0.373. The van der Waals surface area contributed by atoms with Crippen LogP contribution in [0.25, 0.3) is 5.69 Å². The molecule has 2 N–H and O–H groups in total. The molecule has 0 saturated heterocycles. The monoisotopic (exact) mass is 378 g/mol. The number of benzene rings is 2. The van der Waals surface area contributed by atoms with Crippen molar-refractivity contribution in [1.29, 1.82) is 0 Å². The van der Waals surface area contributed by atoms with Gasteiger partial charge in [-0.1, -0.05) is 12.1 Å². The molecule has 0 saturated carbocycles. The summed E-state index contributed by atoms with van der Waals surface area (Å²) in [5, 5.41) is 18.0. The Morgan fingerprint density at radius 2 is 2.07 bits per heavy atom. The van der Waals surface area contributed by atoms with E-state index < -0.39 is 10.8 Å². The van der Waals surface area contributed by atoms with Crippen LogP contribution in [-0.4, -0.2) is 33.1 Å². The van der Waals surface area contributed by atoms with Crippen LogP contribution in [0.4, 0.5) is 11.4 Å². The number of carbonyl (C=O) groups excluding carboxylic acids is 1. The molecule has 0 radical (unpaired) electrons. The molecule has 3 rings (SSSR count). The van der Waals surface area contributed by atoms with Crippen LogP contribution in [0.2, 0.25) is 0 Å². The molecule has 142 valence electrons.